The van der Waals surface area contributed by atoms with Crippen molar-refractivity contribution < 1.29 is 14.1 Å². The van der Waals surface area contributed by atoms with Crippen LogP contribution in [-0.4, -0.2) is 23.4 Å². The quantitative estimate of drug-likeness (QED) is 0.807. The fraction of sp³-hybridized carbons (Fsp3) is 0.583. The molecule has 1 fully saturated rings. The van der Waals surface area contributed by atoms with Crippen molar-refractivity contribution in [1.29, 1.82) is 0 Å². The van der Waals surface area contributed by atoms with E-state index < -0.39 is 0 Å². The first-order valence-corrected chi connectivity index (χ1v) is 5.88. The first kappa shape index (κ1) is 11.8. The van der Waals surface area contributed by atoms with Gasteiger partial charge >= 0.3 is 0 Å². The Morgan fingerprint density at radius 2 is 2.41 bits per heavy atom. The van der Waals surface area contributed by atoms with E-state index in [0.717, 1.165) is 32.0 Å². The highest BCUT2D eigenvalue weighted by molar-refractivity contribution is 5.92. The molecule has 1 saturated carbocycles. The van der Waals surface area contributed by atoms with Crippen molar-refractivity contribution in [3.8, 4) is 0 Å². The molecule has 2 rings (SSSR count). The van der Waals surface area contributed by atoms with Crippen LogP contribution in [0.25, 0.3) is 0 Å². The van der Waals surface area contributed by atoms with Crippen molar-refractivity contribution in [2.75, 3.05) is 0 Å². The maximum absolute atomic E-state index is 11.8. The minimum atomic E-state index is -0.224. The monoisotopic (exact) mass is 236 g/mol. The van der Waals surface area contributed by atoms with Gasteiger partial charge in [-0.05, 0) is 26.2 Å². The van der Waals surface area contributed by atoms with Crippen molar-refractivity contribution in [2.45, 2.75) is 38.6 Å². The van der Waals surface area contributed by atoms with Crippen LogP contribution in [0.5, 0.6) is 0 Å². The number of aryl methyl sites for hydroxylation is 1. The first-order chi connectivity index (χ1) is 8.19. The predicted octanol–water partition coefficient (Wildman–Crippen LogP) is 1.47. The van der Waals surface area contributed by atoms with Crippen molar-refractivity contribution in [2.24, 2.45) is 5.92 Å². The number of carbonyl (C=O) groups excluding carboxylic acids is 2. The molecule has 0 bridgehead atoms. The zero-order valence-electron chi connectivity index (χ0n) is 9.81. The summed E-state index contributed by atoms with van der Waals surface area (Å²) in [5.41, 5.74) is 0.302. The number of amides is 1. The largest absolute Gasteiger partial charge is 0.361 e. The van der Waals surface area contributed by atoms with Gasteiger partial charge in [0.2, 0.25) is 0 Å². The number of carbonyl (C=O) groups is 2. The second kappa shape index (κ2) is 5.12. The lowest BCUT2D eigenvalue weighted by atomic mass is 9.86. The van der Waals surface area contributed by atoms with Crippen LogP contribution in [0.15, 0.2) is 10.6 Å². The molecule has 1 heterocycles. The lowest BCUT2D eigenvalue weighted by Crippen LogP contribution is -2.38. The highest BCUT2D eigenvalue weighted by Gasteiger charge is 2.24. The Bertz CT molecular complexity index is 414. The number of hydrogen-bond acceptors (Lipinski definition) is 4. The molecule has 1 aliphatic carbocycles. The van der Waals surface area contributed by atoms with Gasteiger partial charge < -0.3 is 14.6 Å². The molecular weight excluding hydrogens is 220 g/mol. The number of aldehydes is 1. The van der Waals surface area contributed by atoms with Crippen molar-refractivity contribution in [3.05, 3.63) is 17.5 Å². The van der Waals surface area contributed by atoms with E-state index >= 15 is 0 Å². The fourth-order valence-electron chi connectivity index (χ4n) is 2.22. The average molecular weight is 236 g/mol. The van der Waals surface area contributed by atoms with Gasteiger partial charge in [0.1, 0.15) is 12.0 Å². The Labute approximate surface area is 99.5 Å². The maximum Gasteiger partial charge on any atom is 0.273 e. The SMILES string of the molecule is Cc1cc(C(=O)N[C@@H]2CCC[C@H](C=O)C2)no1. The molecule has 2 atom stereocenters. The third kappa shape index (κ3) is 2.93. The third-order valence-corrected chi connectivity index (χ3v) is 3.10. The van der Waals surface area contributed by atoms with Crippen LogP contribution in [0.4, 0.5) is 0 Å². The summed E-state index contributed by atoms with van der Waals surface area (Å²) >= 11 is 0. The van der Waals surface area contributed by atoms with Crippen LogP contribution < -0.4 is 5.32 Å². The topological polar surface area (TPSA) is 72.2 Å². The lowest BCUT2D eigenvalue weighted by Gasteiger charge is -2.26. The molecule has 5 heteroatoms. The zero-order chi connectivity index (χ0) is 12.3. The number of aromatic nitrogens is 1. The fourth-order valence-corrected chi connectivity index (χ4v) is 2.22. The van der Waals surface area contributed by atoms with E-state index in [1.807, 2.05) is 0 Å². The summed E-state index contributed by atoms with van der Waals surface area (Å²) in [7, 11) is 0. The Balaban J connectivity index is 1.92. The van der Waals surface area contributed by atoms with Crippen LogP contribution >= 0.6 is 0 Å². The van der Waals surface area contributed by atoms with Gasteiger partial charge in [-0.1, -0.05) is 11.6 Å². The summed E-state index contributed by atoms with van der Waals surface area (Å²) in [4.78, 5) is 22.5. The molecule has 1 aromatic rings. The summed E-state index contributed by atoms with van der Waals surface area (Å²) < 4.78 is 4.85. The molecule has 0 unspecified atom stereocenters. The van der Waals surface area contributed by atoms with E-state index in [2.05, 4.69) is 10.5 Å². The number of hydrogen-bond donors (Lipinski definition) is 1. The number of nitrogens with one attached hydrogen (secondary N) is 1. The molecule has 5 nitrogen and oxygen atoms in total. The maximum atomic E-state index is 11.8. The van der Waals surface area contributed by atoms with E-state index in [1.54, 1.807) is 13.0 Å². The van der Waals surface area contributed by atoms with Crippen LogP contribution in [0, 0.1) is 12.8 Å². The molecule has 0 radical (unpaired) electrons. The standard InChI is InChI=1S/C12H16N2O3/c1-8-5-11(14-17-8)12(16)13-10-4-2-3-9(6-10)7-15/h5,7,9-10H,2-4,6H2,1H3,(H,13,16)/t9-,10+/m0/s1. The summed E-state index contributed by atoms with van der Waals surface area (Å²) in [6, 6.07) is 1.68. The van der Waals surface area contributed by atoms with Gasteiger partial charge in [0, 0.05) is 18.0 Å². The third-order valence-electron chi connectivity index (χ3n) is 3.10. The minimum Gasteiger partial charge on any atom is -0.361 e. The molecular formula is C12H16N2O3. The number of nitrogens with zero attached hydrogens (tertiary/aromatic N) is 1. The second-order valence-corrected chi connectivity index (χ2v) is 4.56. The average Bonchev–Trinajstić information content (AvgIpc) is 2.76. The van der Waals surface area contributed by atoms with Gasteiger partial charge in [0.25, 0.3) is 5.91 Å². The Morgan fingerprint density at radius 3 is 3.06 bits per heavy atom. The molecule has 1 amide bonds. The van der Waals surface area contributed by atoms with Gasteiger partial charge in [-0.2, -0.15) is 0 Å². The summed E-state index contributed by atoms with van der Waals surface area (Å²) in [5, 5.41) is 6.56. The van der Waals surface area contributed by atoms with Gasteiger partial charge in [-0.15, -0.1) is 0 Å². The molecule has 1 aliphatic rings. The normalized spacial score (nSPS) is 24.3. The van der Waals surface area contributed by atoms with Crippen LogP contribution in [0.2, 0.25) is 0 Å². The van der Waals surface area contributed by atoms with E-state index in [0.29, 0.717) is 11.5 Å². The second-order valence-electron chi connectivity index (χ2n) is 4.56. The van der Waals surface area contributed by atoms with Crippen LogP contribution in [0.3, 0.4) is 0 Å². The van der Waals surface area contributed by atoms with Gasteiger partial charge in [0.15, 0.2) is 5.69 Å². The molecule has 17 heavy (non-hydrogen) atoms. The first-order valence-electron chi connectivity index (χ1n) is 5.88. The number of rotatable bonds is 3. The van der Waals surface area contributed by atoms with Gasteiger partial charge in [-0.3, -0.25) is 4.79 Å². The smallest absolute Gasteiger partial charge is 0.273 e. The highest BCUT2D eigenvalue weighted by Crippen LogP contribution is 2.22. The lowest BCUT2D eigenvalue weighted by molar-refractivity contribution is -0.112. The van der Waals surface area contributed by atoms with E-state index in [9.17, 15) is 9.59 Å². The van der Waals surface area contributed by atoms with Crippen molar-refractivity contribution >= 4 is 12.2 Å². The van der Waals surface area contributed by atoms with Crippen molar-refractivity contribution in [1.82, 2.24) is 10.5 Å². The van der Waals surface area contributed by atoms with E-state index in [-0.39, 0.29) is 17.9 Å². The molecule has 0 spiro atoms. The molecule has 1 aromatic heterocycles. The summed E-state index contributed by atoms with van der Waals surface area (Å²) in [6.07, 6.45) is 4.54. The van der Waals surface area contributed by atoms with Gasteiger partial charge in [0.05, 0.1) is 0 Å². The Hall–Kier alpha value is -1.65. The van der Waals surface area contributed by atoms with E-state index in [4.69, 9.17) is 4.52 Å². The van der Waals surface area contributed by atoms with Crippen LogP contribution in [-0.2, 0) is 4.79 Å². The molecule has 0 saturated heterocycles. The summed E-state index contributed by atoms with van der Waals surface area (Å²) in [5.74, 6) is 0.469. The highest BCUT2D eigenvalue weighted by atomic mass is 16.5. The Morgan fingerprint density at radius 1 is 1.59 bits per heavy atom. The Kier molecular flexibility index (Phi) is 3.56. The molecule has 1 N–H and O–H groups in total. The van der Waals surface area contributed by atoms with Crippen molar-refractivity contribution in [3.63, 3.8) is 0 Å². The summed E-state index contributed by atoms with van der Waals surface area (Å²) in [6.45, 7) is 1.74. The molecule has 0 aromatic carbocycles. The zero-order valence-corrected chi connectivity index (χ0v) is 9.81. The van der Waals surface area contributed by atoms with Crippen LogP contribution in [0.1, 0.15) is 41.9 Å². The molecule has 92 valence electrons. The molecule has 0 aliphatic heterocycles. The van der Waals surface area contributed by atoms with Gasteiger partial charge in [-0.25, -0.2) is 0 Å². The predicted molar refractivity (Wildman–Crippen MR) is 60.5 cm³/mol. The minimum absolute atomic E-state index is 0.0726. The van der Waals surface area contributed by atoms with E-state index in [1.165, 1.54) is 0 Å².